The first kappa shape index (κ1) is 11.0. The highest BCUT2D eigenvalue weighted by Crippen LogP contribution is 2.28. The van der Waals surface area contributed by atoms with Gasteiger partial charge in [0.15, 0.2) is 0 Å². The summed E-state index contributed by atoms with van der Waals surface area (Å²) in [6, 6.07) is 9.62. The van der Waals surface area contributed by atoms with E-state index in [1.807, 2.05) is 0 Å². The predicted octanol–water partition coefficient (Wildman–Crippen LogP) is 3.03. The maximum Gasteiger partial charge on any atom is 0.137 e. The zero-order chi connectivity index (χ0) is 11.5. The van der Waals surface area contributed by atoms with Crippen molar-refractivity contribution < 1.29 is 9.50 Å². The van der Waals surface area contributed by atoms with Crippen LogP contribution in [0.15, 0.2) is 36.4 Å². The molecule has 0 aliphatic heterocycles. The number of rotatable bonds is 2. The van der Waals surface area contributed by atoms with Crippen LogP contribution in [0.4, 0.5) is 4.39 Å². The molecule has 2 rings (SSSR count). The van der Waals surface area contributed by atoms with Gasteiger partial charge in [-0.1, -0.05) is 29.8 Å². The summed E-state index contributed by atoms with van der Waals surface area (Å²) in [7, 11) is 0. The molecule has 0 atom stereocenters. The third-order valence-corrected chi connectivity index (χ3v) is 2.52. The number of aliphatic hydroxyl groups is 1. The van der Waals surface area contributed by atoms with Crippen LogP contribution < -0.4 is 0 Å². The fourth-order valence-corrected chi connectivity index (χ4v) is 1.71. The van der Waals surface area contributed by atoms with Crippen LogP contribution in [-0.4, -0.2) is 10.1 Å². The van der Waals surface area contributed by atoms with Gasteiger partial charge in [0.2, 0.25) is 0 Å². The van der Waals surface area contributed by atoms with Crippen molar-refractivity contribution in [2.75, 3.05) is 0 Å². The molecule has 0 radical (unpaired) electrons. The Labute approximate surface area is 97.3 Å². The van der Waals surface area contributed by atoms with Gasteiger partial charge in [-0.05, 0) is 18.2 Å². The lowest BCUT2D eigenvalue weighted by atomic mass is 10.1. The Morgan fingerprint density at radius 3 is 2.50 bits per heavy atom. The molecule has 0 saturated heterocycles. The lowest BCUT2D eigenvalue weighted by molar-refractivity contribution is 0.277. The van der Waals surface area contributed by atoms with Crippen LogP contribution in [-0.2, 0) is 6.61 Å². The van der Waals surface area contributed by atoms with E-state index in [0.29, 0.717) is 16.8 Å². The van der Waals surface area contributed by atoms with Crippen molar-refractivity contribution in [1.29, 1.82) is 0 Å². The van der Waals surface area contributed by atoms with Crippen LogP contribution in [0.3, 0.4) is 0 Å². The summed E-state index contributed by atoms with van der Waals surface area (Å²) < 4.78 is 13.5. The van der Waals surface area contributed by atoms with E-state index in [1.165, 1.54) is 6.07 Å². The Balaban J connectivity index is 2.53. The molecule has 1 N–H and O–H groups in total. The zero-order valence-electron chi connectivity index (χ0n) is 8.32. The van der Waals surface area contributed by atoms with E-state index in [2.05, 4.69) is 4.98 Å². The molecule has 0 spiro atoms. The average molecular weight is 238 g/mol. The summed E-state index contributed by atoms with van der Waals surface area (Å²) in [5.74, 6) is -0.344. The van der Waals surface area contributed by atoms with Crippen molar-refractivity contribution in [3.05, 3.63) is 53.1 Å². The molecule has 1 aromatic heterocycles. The van der Waals surface area contributed by atoms with Crippen molar-refractivity contribution in [1.82, 2.24) is 4.98 Å². The Kier molecular flexibility index (Phi) is 3.17. The van der Waals surface area contributed by atoms with E-state index in [-0.39, 0.29) is 17.6 Å². The van der Waals surface area contributed by atoms with E-state index in [9.17, 15) is 4.39 Å². The maximum atomic E-state index is 13.5. The summed E-state index contributed by atoms with van der Waals surface area (Å²) in [6.07, 6.45) is 0. The predicted molar refractivity (Wildman–Crippen MR) is 60.6 cm³/mol. The highest BCUT2D eigenvalue weighted by molar-refractivity contribution is 6.32. The second-order valence-corrected chi connectivity index (χ2v) is 3.64. The van der Waals surface area contributed by atoms with E-state index < -0.39 is 0 Å². The molecule has 2 nitrogen and oxygen atoms in total. The highest BCUT2D eigenvalue weighted by Gasteiger charge is 2.09. The summed E-state index contributed by atoms with van der Waals surface area (Å²) in [5, 5.41) is 9.07. The molecule has 4 heteroatoms. The lowest BCUT2D eigenvalue weighted by Gasteiger charge is -2.06. The Bertz CT molecular complexity index is 516. The molecule has 1 aromatic carbocycles. The second kappa shape index (κ2) is 4.60. The number of hydrogen-bond donors (Lipinski definition) is 1. The molecule has 1 heterocycles. The van der Waals surface area contributed by atoms with Gasteiger partial charge in [-0.15, -0.1) is 0 Å². The molecule has 82 valence electrons. The number of aliphatic hydroxyl groups excluding tert-OH is 1. The van der Waals surface area contributed by atoms with Gasteiger partial charge in [0, 0.05) is 11.1 Å². The standard InChI is InChI=1S/C12H9ClFNO/c13-12-10(6-5-8(7-16)15-12)9-3-1-2-4-11(9)14/h1-6,16H,7H2. The smallest absolute Gasteiger partial charge is 0.137 e. The molecule has 0 bridgehead atoms. The number of pyridine rings is 1. The van der Waals surface area contributed by atoms with Crippen molar-refractivity contribution >= 4 is 11.6 Å². The van der Waals surface area contributed by atoms with Gasteiger partial charge >= 0.3 is 0 Å². The molecular formula is C12H9ClFNO. The van der Waals surface area contributed by atoms with Gasteiger partial charge in [0.05, 0.1) is 12.3 Å². The monoisotopic (exact) mass is 237 g/mol. The number of benzene rings is 1. The number of nitrogens with zero attached hydrogens (tertiary/aromatic N) is 1. The van der Waals surface area contributed by atoms with Crippen molar-refractivity contribution in [3.63, 3.8) is 0 Å². The first-order chi connectivity index (χ1) is 7.72. The largest absolute Gasteiger partial charge is 0.390 e. The summed E-state index contributed by atoms with van der Waals surface area (Å²) >= 11 is 5.93. The number of halogens is 2. The Morgan fingerprint density at radius 1 is 1.12 bits per heavy atom. The maximum absolute atomic E-state index is 13.5. The zero-order valence-corrected chi connectivity index (χ0v) is 9.08. The first-order valence-corrected chi connectivity index (χ1v) is 5.11. The van der Waals surface area contributed by atoms with Crippen LogP contribution in [0, 0.1) is 5.82 Å². The van der Waals surface area contributed by atoms with E-state index in [4.69, 9.17) is 16.7 Å². The molecule has 0 saturated carbocycles. The second-order valence-electron chi connectivity index (χ2n) is 3.28. The number of hydrogen-bond acceptors (Lipinski definition) is 2. The summed E-state index contributed by atoms with van der Waals surface area (Å²) in [4.78, 5) is 3.96. The molecule has 16 heavy (non-hydrogen) atoms. The summed E-state index contributed by atoms with van der Waals surface area (Å²) in [5.41, 5.74) is 1.39. The van der Waals surface area contributed by atoms with Crippen molar-refractivity contribution in [2.45, 2.75) is 6.61 Å². The van der Waals surface area contributed by atoms with Crippen LogP contribution in [0.1, 0.15) is 5.69 Å². The van der Waals surface area contributed by atoms with E-state index >= 15 is 0 Å². The Morgan fingerprint density at radius 2 is 1.88 bits per heavy atom. The molecule has 0 unspecified atom stereocenters. The molecule has 0 aliphatic carbocycles. The van der Waals surface area contributed by atoms with Crippen molar-refractivity contribution in [2.24, 2.45) is 0 Å². The first-order valence-electron chi connectivity index (χ1n) is 4.73. The third kappa shape index (κ3) is 2.05. The van der Waals surface area contributed by atoms with E-state index in [1.54, 1.807) is 30.3 Å². The fraction of sp³-hybridized carbons (Fsp3) is 0.0833. The van der Waals surface area contributed by atoms with Gasteiger partial charge < -0.3 is 5.11 Å². The number of aromatic nitrogens is 1. The van der Waals surface area contributed by atoms with Gasteiger partial charge in [-0.2, -0.15) is 0 Å². The fourth-order valence-electron chi connectivity index (χ4n) is 1.44. The van der Waals surface area contributed by atoms with Crippen LogP contribution in [0.25, 0.3) is 11.1 Å². The third-order valence-electron chi connectivity index (χ3n) is 2.23. The quantitative estimate of drug-likeness (QED) is 0.815. The highest BCUT2D eigenvalue weighted by atomic mass is 35.5. The molecule has 0 amide bonds. The van der Waals surface area contributed by atoms with Crippen LogP contribution in [0.2, 0.25) is 5.15 Å². The summed E-state index contributed by atoms with van der Waals surface area (Å²) in [6.45, 7) is -0.183. The lowest BCUT2D eigenvalue weighted by Crippen LogP contribution is -1.92. The van der Waals surface area contributed by atoms with Gasteiger partial charge in [0.1, 0.15) is 11.0 Å². The van der Waals surface area contributed by atoms with Crippen LogP contribution in [0.5, 0.6) is 0 Å². The Hall–Kier alpha value is -1.45. The normalized spacial score (nSPS) is 10.4. The molecule has 0 aliphatic rings. The SMILES string of the molecule is OCc1ccc(-c2ccccc2F)c(Cl)n1. The van der Waals surface area contributed by atoms with E-state index in [0.717, 1.165) is 0 Å². The minimum absolute atomic E-state index is 0.183. The topological polar surface area (TPSA) is 33.1 Å². The van der Waals surface area contributed by atoms with Gasteiger partial charge in [-0.3, -0.25) is 0 Å². The minimum Gasteiger partial charge on any atom is -0.390 e. The van der Waals surface area contributed by atoms with Crippen LogP contribution >= 0.6 is 11.6 Å². The van der Waals surface area contributed by atoms with Gasteiger partial charge in [0.25, 0.3) is 0 Å². The molecular weight excluding hydrogens is 229 g/mol. The molecule has 2 aromatic rings. The van der Waals surface area contributed by atoms with Crippen molar-refractivity contribution in [3.8, 4) is 11.1 Å². The van der Waals surface area contributed by atoms with Gasteiger partial charge in [-0.25, -0.2) is 9.37 Å². The minimum atomic E-state index is -0.344. The molecule has 0 fully saturated rings. The average Bonchev–Trinajstić information content (AvgIpc) is 2.30.